The monoisotopic (exact) mass is 217 g/mol. The van der Waals surface area contributed by atoms with Crippen LogP contribution in [0.4, 0.5) is 4.39 Å². The molecule has 2 aliphatic heterocycles. The number of benzene rings is 1. The molecule has 84 valence electrons. The summed E-state index contributed by atoms with van der Waals surface area (Å²) in [7, 11) is 0. The van der Waals surface area contributed by atoms with Gasteiger partial charge < -0.3 is 4.90 Å². The van der Waals surface area contributed by atoms with Crippen LogP contribution >= 0.6 is 0 Å². The van der Waals surface area contributed by atoms with Crippen LogP contribution in [0.15, 0.2) is 24.8 Å². The fourth-order valence-electron chi connectivity index (χ4n) is 2.99. The molecule has 1 atom stereocenters. The van der Waals surface area contributed by atoms with Crippen LogP contribution in [-0.2, 0) is 6.42 Å². The number of fused-ring (bicyclic) bond motifs is 2. The summed E-state index contributed by atoms with van der Waals surface area (Å²) in [5.74, 6) is -0.129. The third-order valence-electron chi connectivity index (χ3n) is 3.81. The van der Waals surface area contributed by atoms with Crippen molar-refractivity contribution in [3.8, 4) is 0 Å². The lowest BCUT2D eigenvalue weighted by atomic mass is 9.87. The van der Waals surface area contributed by atoms with Gasteiger partial charge >= 0.3 is 0 Å². The van der Waals surface area contributed by atoms with Gasteiger partial charge in [0.1, 0.15) is 5.82 Å². The molecule has 2 heterocycles. The Morgan fingerprint density at radius 1 is 1.31 bits per heavy atom. The Balaban J connectivity index is 2.03. The van der Waals surface area contributed by atoms with Crippen molar-refractivity contribution in [3.05, 3.63) is 41.7 Å². The van der Waals surface area contributed by atoms with Gasteiger partial charge in [0.2, 0.25) is 0 Å². The summed E-state index contributed by atoms with van der Waals surface area (Å²) in [5.41, 5.74) is 3.36. The maximum Gasteiger partial charge on any atom is 0.123 e. The van der Waals surface area contributed by atoms with Crippen LogP contribution in [0.3, 0.4) is 0 Å². The summed E-state index contributed by atoms with van der Waals surface area (Å²) in [6.45, 7) is 5.28. The van der Waals surface area contributed by atoms with Crippen molar-refractivity contribution in [2.75, 3.05) is 6.54 Å². The molecule has 0 amide bonds. The van der Waals surface area contributed by atoms with E-state index in [1.807, 2.05) is 6.07 Å². The summed E-state index contributed by atoms with van der Waals surface area (Å²) < 4.78 is 13.2. The quantitative estimate of drug-likeness (QED) is 0.645. The number of halogens is 1. The molecule has 1 aromatic carbocycles. The molecule has 0 bridgehead atoms. The molecule has 1 aromatic rings. The van der Waals surface area contributed by atoms with Crippen molar-refractivity contribution in [3.63, 3.8) is 0 Å². The fraction of sp³-hybridized carbons (Fsp3) is 0.429. The zero-order valence-corrected chi connectivity index (χ0v) is 9.38. The lowest BCUT2D eigenvalue weighted by molar-refractivity contribution is 0.219. The highest BCUT2D eigenvalue weighted by atomic mass is 19.1. The topological polar surface area (TPSA) is 3.24 Å². The van der Waals surface area contributed by atoms with Crippen molar-refractivity contribution < 1.29 is 4.39 Å². The molecule has 0 radical (unpaired) electrons. The first-order valence-corrected chi connectivity index (χ1v) is 6.00. The van der Waals surface area contributed by atoms with Gasteiger partial charge in [0.15, 0.2) is 0 Å². The van der Waals surface area contributed by atoms with Gasteiger partial charge in [-0.15, -0.1) is 0 Å². The standard InChI is InChI=1S/C14H16FN/c1-10-14-6-5-12(15)8-11(14)9-13-4-2-3-7-16(10)13/h5-6,8,13H,1-4,7,9H2. The average molecular weight is 217 g/mol. The Morgan fingerprint density at radius 2 is 2.19 bits per heavy atom. The van der Waals surface area contributed by atoms with Gasteiger partial charge in [-0.1, -0.05) is 6.58 Å². The van der Waals surface area contributed by atoms with Crippen molar-refractivity contribution in [1.29, 1.82) is 0 Å². The summed E-state index contributed by atoms with van der Waals surface area (Å²) in [5, 5.41) is 0. The fourth-order valence-corrected chi connectivity index (χ4v) is 2.99. The van der Waals surface area contributed by atoms with Crippen LogP contribution in [0.1, 0.15) is 30.4 Å². The molecular formula is C14H16FN. The largest absolute Gasteiger partial charge is 0.368 e. The van der Waals surface area contributed by atoms with Gasteiger partial charge in [0, 0.05) is 23.8 Å². The Kier molecular flexibility index (Phi) is 2.23. The molecule has 1 nitrogen and oxygen atoms in total. The van der Waals surface area contributed by atoms with Crippen LogP contribution in [0.5, 0.6) is 0 Å². The maximum atomic E-state index is 13.2. The van der Waals surface area contributed by atoms with E-state index >= 15 is 0 Å². The normalized spacial score (nSPS) is 23.9. The van der Waals surface area contributed by atoms with Crippen molar-refractivity contribution >= 4 is 5.70 Å². The zero-order chi connectivity index (χ0) is 11.1. The third-order valence-corrected chi connectivity index (χ3v) is 3.81. The molecule has 2 aliphatic rings. The smallest absolute Gasteiger partial charge is 0.123 e. The molecule has 0 aromatic heterocycles. The number of piperidine rings is 1. The second kappa shape index (κ2) is 3.62. The maximum absolute atomic E-state index is 13.2. The van der Waals surface area contributed by atoms with Gasteiger partial charge in [-0.25, -0.2) is 4.39 Å². The van der Waals surface area contributed by atoms with E-state index in [2.05, 4.69) is 11.5 Å². The number of hydrogen-bond donors (Lipinski definition) is 0. The average Bonchev–Trinajstić information content (AvgIpc) is 2.29. The highest BCUT2D eigenvalue weighted by Gasteiger charge is 2.30. The van der Waals surface area contributed by atoms with Crippen LogP contribution in [-0.4, -0.2) is 17.5 Å². The van der Waals surface area contributed by atoms with E-state index in [1.165, 1.54) is 25.3 Å². The summed E-state index contributed by atoms with van der Waals surface area (Å²) >= 11 is 0. The van der Waals surface area contributed by atoms with E-state index < -0.39 is 0 Å². The van der Waals surface area contributed by atoms with Crippen molar-refractivity contribution in [2.45, 2.75) is 31.7 Å². The Morgan fingerprint density at radius 3 is 3.06 bits per heavy atom. The number of nitrogens with zero attached hydrogens (tertiary/aromatic N) is 1. The lowest BCUT2D eigenvalue weighted by Crippen LogP contribution is -2.42. The second-order valence-electron chi connectivity index (χ2n) is 4.80. The van der Waals surface area contributed by atoms with Gasteiger partial charge in [0.05, 0.1) is 0 Å². The van der Waals surface area contributed by atoms with Crippen LogP contribution in [0, 0.1) is 5.82 Å². The minimum Gasteiger partial charge on any atom is -0.368 e. The number of rotatable bonds is 0. The van der Waals surface area contributed by atoms with E-state index in [0.29, 0.717) is 6.04 Å². The van der Waals surface area contributed by atoms with E-state index in [1.54, 1.807) is 6.07 Å². The summed E-state index contributed by atoms with van der Waals surface area (Å²) in [6.07, 6.45) is 4.74. The molecule has 2 heteroatoms. The van der Waals surface area contributed by atoms with E-state index in [-0.39, 0.29) is 5.82 Å². The van der Waals surface area contributed by atoms with Crippen molar-refractivity contribution in [1.82, 2.24) is 4.90 Å². The van der Waals surface area contributed by atoms with Crippen LogP contribution < -0.4 is 0 Å². The van der Waals surface area contributed by atoms with E-state index in [9.17, 15) is 4.39 Å². The molecule has 16 heavy (non-hydrogen) atoms. The molecule has 0 N–H and O–H groups in total. The predicted molar refractivity (Wildman–Crippen MR) is 63.5 cm³/mol. The van der Waals surface area contributed by atoms with E-state index in [4.69, 9.17) is 0 Å². The summed E-state index contributed by atoms with van der Waals surface area (Å²) in [6, 6.07) is 5.63. The minimum absolute atomic E-state index is 0.129. The zero-order valence-electron chi connectivity index (χ0n) is 9.38. The van der Waals surface area contributed by atoms with Crippen LogP contribution in [0.25, 0.3) is 5.70 Å². The Hall–Kier alpha value is -1.31. The predicted octanol–water partition coefficient (Wildman–Crippen LogP) is 3.21. The number of hydrogen-bond acceptors (Lipinski definition) is 1. The highest BCUT2D eigenvalue weighted by Crippen LogP contribution is 2.35. The molecule has 1 fully saturated rings. The SMILES string of the molecule is C=C1c2ccc(F)cc2CC2CCCCN12. The summed E-state index contributed by atoms with van der Waals surface area (Å²) in [4.78, 5) is 2.41. The lowest BCUT2D eigenvalue weighted by Gasteiger charge is -2.43. The highest BCUT2D eigenvalue weighted by molar-refractivity contribution is 5.67. The Labute approximate surface area is 95.6 Å². The molecule has 1 saturated heterocycles. The van der Waals surface area contributed by atoms with Gasteiger partial charge in [-0.2, -0.15) is 0 Å². The first-order chi connectivity index (χ1) is 7.75. The van der Waals surface area contributed by atoms with Gasteiger partial charge in [-0.05, 0) is 49.4 Å². The molecule has 1 unspecified atom stereocenters. The molecular weight excluding hydrogens is 201 g/mol. The second-order valence-corrected chi connectivity index (χ2v) is 4.80. The van der Waals surface area contributed by atoms with Gasteiger partial charge in [0.25, 0.3) is 0 Å². The van der Waals surface area contributed by atoms with Gasteiger partial charge in [-0.3, -0.25) is 0 Å². The minimum atomic E-state index is -0.129. The van der Waals surface area contributed by atoms with Crippen molar-refractivity contribution in [2.24, 2.45) is 0 Å². The first-order valence-electron chi connectivity index (χ1n) is 6.00. The molecule has 0 saturated carbocycles. The third kappa shape index (κ3) is 1.44. The first kappa shape index (κ1) is 9.88. The van der Waals surface area contributed by atoms with Crippen LogP contribution in [0.2, 0.25) is 0 Å². The Bertz CT molecular complexity index is 438. The molecule has 0 spiro atoms. The molecule has 0 aliphatic carbocycles. The molecule has 3 rings (SSSR count). The van der Waals surface area contributed by atoms with E-state index in [0.717, 1.165) is 29.8 Å².